The molecule has 1 N–H and O–H groups in total. The van der Waals surface area contributed by atoms with Crippen molar-refractivity contribution in [3.8, 4) is 0 Å². The van der Waals surface area contributed by atoms with Gasteiger partial charge in [0.25, 0.3) is 5.91 Å². The third-order valence-corrected chi connectivity index (χ3v) is 3.82. The van der Waals surface area contributed by atoms with E-state index in [2.05, 4.69) is 41.9 Å². The second-order valence-corrected chi connectivity index (χ2v) is 5.85. The topological polar surface area (TPSA) is 55.4 Å². The van der Waals surface area contributed by atoms with Crippen LogP contribution in [0.4, 0.5) is 13.2 Å². The molecule has 1 aromatic rings. The highest BCUT2D eigenvalue weighted by Gasteiger charge is 2.33. The summed E-state index contributed by atoms with van der Waals surface area (Å²) < 4.78 is 42.5. The molecule has 0 radical (unpaired) electrons. The van der Waals surface area contributed by atoms with Crippen molar-refractivity contribution in [2.45, 2.75) is 11.0 Å². The van der Waals surface area contributed by atoms with Crippen LogP contribution >= 0.6 is 31.9 Å². The summed E-state index contributed by atoms with van der Waals surface area (Å²) in [6.07, 6.45) is -4.57. The Morgan fingerprint density at radius 3 is 2.52 bits per heavy atom. The summed E-state index contributed by atoms with van der Waals surface area (Å²) in [5, 5.41) is 2.34. The van der Waals surface area contributed by atoms with Crippen LogP contribution in [0.1, 0.15) is 15.9 Å². The fourth-order valence-corrected chi connectivity index (χ4v) is 2.20. The van der Waals surface area contributed by atoms with E-state index in [9.17, 15) is 22.8 Å². The average Bonchev–Trinajstić information content (AvgIpc) is 2.42. The van der Waals surface area contributed by atoms with E-state index in [4.69, 9.17) is 0 Å². The molecule has 21 heavy (non-hydrogen) atoms. The molecule has 1 atom stereocenters. The number of esters is 1. The number of hydrogen-bond acceptors (Lipinski definition) is 3. The van der Waals surface area contributed by atoms with Gasteiger partial charge in [-0.1, -0.05) is 31.9 Å². The molecule has 0 bridgehead atoms. The summed E-state index contributed by atoms with van der Waals surface area (Å²) in [4.78, 5) is 22.1. The van der Waals surface area contributed by atoms with Crippen molar-refractivity contribution < 1.29 is 27.5 Å². The largest absolute Gasteiger partial charge is 0.468 e. The number of carbonyl (C=O) groups excluding carboxylic acids is 2. The molecule has 116 valence electrons. The summed E-state index contributed by atoms with van der Waals surface area (Å²) in [7, 11) is 1.18. The van der Waals surface area contributed by atoms with E-state index in [1.54, 1.807) is 0 Å². The molecule has 0 fully saturated rings. The zero-order valence-electron chi connectivity index (χ0n) is 10.6. The Labute approximate surface area is 135 Å². The van der Waals surface area contributed by atoms with Crippen LogP contribution in [0.15, 0.2) is 22.7 Å². The lowest BCUT2D eigenvalue weighted by atomic mass is 10.1. The standard InChI is InChI=1S/C12H10Br2F3NO3/c1-21-11(20)9(14)5-18-10(19)6-2-3-8(13)7(4-6)12(15,16)17/h2-4,9H,5H2,1H3,(H,18,19). The minimum Gasteiger partial charge on any atom is -0.468 e. The van der Waals surface area contributed by atoms with E-state index in [0.29, 0.717) is 0 Å². The van der Waals surface area contributed by atoms with Crippen molar-refractivity contribution in [2.75, 3.05) is 13.7 Å². The molecule has 9 heteroatoms. The van der Waals surface area contributed by atoms with Crippen LogP contribution in [0.2, 0.25) is 0 Å². The molecule has 0 aliphatic rings. The molecule has 1 amide bonds. The molecular weight excluding hydrogens is 423 g/mol. The zero-order valence-corrected chi connectivity index (χ0v) is 13.8. The van der Waals surface area contributed by atoms with E-state index < -0.39 is 28.4 Å². The maximum Gasteiger partial charge on any atom is 0.417 e. The number of alkyl halides is 4. The fourth-order valence-electron chi connectivity index (χ4n) is 1.38. The third-order valence-electron chi connectivity index (χ3n) is 2.43. The first-order valence-electron chi connectivity index (χ1n) is 5.53. The lowest BCUT2D eigenvalue weighted by Gasteiger charge is -2.12. The third kappa shape index (κ3) is 4.99. The molecule has 0 aliphatic carbocycles. The molecule has 1 unspecified atom stereocenters. The van der Waals surface area contributed by atoms with Gasteiger partial charge >= 0.3 is 12.1 Å². The number of methoxy groups -OCH3 is 1. The Balaban J connectivity index is 2.82. The van der Waals surface area contributed by atoms with Gasteiger partial charge in [0.05, 0.1) is 12.7 Å². The first-order chi connectivity index (χ1) is 9.66. The molecule has 1 rings (SSSR count). The van der Waals surface area contributed by atoms with Crippen LogP contribution in [-0.4, -0.2) is 30.4 Å². The Morgan fingerprint density at radius 1 is 1.38 bits per heavy atom. The van der Waals surface area contributed by atoms with E-state index >= 15 is 0 Å². The molecule has 4 nitrogen and oxygen atoms in total. The zero-order chi connectivity index (χ0) is 16.2. The van der Waals surface area contributed by atoms with Crippen LogP contribution in [-0.2, 0) is 15.7 Å². The van der Waals surface area contributed by atoms with Crippen molar-refractivity contribution in [1.82, 2.24) is 5.32 Å². The first kappa shape index (κ1) is 18.0. The van der Waals surface area contributed by atoms with E-state index in [1.807, 2.05) is 0 Å². The highest BCUT2D eigenvalue weighted by Crippen LogP contribution is 2.35. The summed E-state index contributed by atoms with van der Waals surface area (Å²) >= 11 is 5.77. The Bertz CT molecular complexity index is 549. The molecule has 0 heterocycles. The first-order valence-corrected chi connectivity index (χ1v) is 7.24. The number of benzene rings is 1. The Kier molecular flexibility index (Phi) is 6.21. The fraction of sp³-hybridized carbons (Fsp3) is 0.333. The smallest absolute Gasteiger partial charge is 0.417 e. The predicted octanol–water partition coefficient (Wildman–Crippen LogP) is 3.13. The van der Waals surface area contributed by atoms with Gasteiger partial charge in [0, 0.05) is 16.6 Å². The van der Waals surface area contributed by atoms with Gasteiger partial charge in [0.1, 0.15) is 4.83 Å². The maximum absolute atomic E-state index is 12.7. The number of nitrogens with one attached hydrogen (secondary N) is 1. The molecule has 0 spiro atoms. The second-order valence-electron chi connectivity index (χ2n) is 3.89. The number of rotatable bonds is 4. The Hall–Kier alpha value is -1.09. The Morgan fingerprint density at radius 2 is 2.00 bits per heavy atom. The van der Waals surface area contributed by atoms with Gasteiger partial charge in [0.2, 0.25) is 0 Å². The van der Waals surface area contributed by atoms with E-state index in [1.165, 1.54) is 13.2 Å². The van der Waals surface area contributed by atoms with Crippen LogP contribution in [0.5, 0.6) is 0 Å². The lowest BCUT2D eigenvalue weighted by Crippen LogP contribution is -2.34. The predicted molar refractivity (Wildman–Crippen MR) is 76.2 cm³/mol. The van der Waals surface area contributed by atoms with Crippen molar-refractivity contribution in [2.24, 2.45) is 0 Å². The van der Waals surface area contributed by atoms with E-state index in [0.717, 1.165) is 12.1 Å². The molecule has 1 aromatic carbocycles. The van der Waals surface area contributed by atoms with Gasteiger partial charge in [-0.2, -0.15) is 13.2 Å². The monoisotopic (exact) mass is 431 g/mol. The van der Waals surface area contributed by atoms with Gasteiger partial charge in [0.15, 0.2) is 0 Å². The van der Waals surface area contributed by atoms with Gasteiger partial charge in [-0.15, -0.1) is 0 Å². The summed E-state index contributed by atoms with van der Waals surface area (Å²) in [6.45, 7) is -0.108. The quantitative estimate of drug-likeness (QED) is 0.587. The average molecular weight is 433 g/mol. The highest BCUT2D eigenvalue weighted by atomic mass is 79.9. The maximum atomic E-state index is 12.7. The van der Waals surface area contributed by atoms with Crippen LogP contribution < -0.4 is 5.32 Å². The molecular formula is C12H10Br2F3NO3. The number of halogens is 5. The van der Waals surface area contributed by atoms with Crippen molar-refractivity contribution in [3.63, 3.8) is 0 Å². The number of carbonyl (C=O) groups is 2. The molecule has 0 saturated carbocycles. The van der Waals surface area contributed by atoms with Crippen molar-refractivity contribution in [1.29, 1.82) is 0 Å². The number of ether oxygens (including phenoxy) is 1. The van der Waals surface area contributed by atoms with Gasteiger partial charge in [-0.25, -0.2) is 0 Å². The SMILES string of the molecule is COC(=O)C(Br)CNC(=O)c1ccc(Br)c(C(F)(F)F)c1. The van der Waals surface area contributed by atoms with Gasteiger partial charge in [-0.05, 0) is 18.2 Å². The molecule has 0 saturated heterocycles. The lowest BCUT2D eigenvalue weighted by molar-refractivity contribution is -0.140. The highest BCUT2D eigenvalue weighted by molar-refractivity contribution is 9.10. The summed E-state index contributed by atoms with van der Waals surface area (Å²) in [5.41, 5.74) is -1.10. The molecule has 0 aliphatic heterocycles. The van der Waals surface area contributed by atoms with Crippen molar-refractivity contribution >= 4 is 43.7 Å². The van der Waals surface area contributed by atoms with Gasteiger partial charge in [-0.3, -0.25) is 9.59 Å². The normalized spacial score (nSPS) is 12.7. The summed E-state index contributed by atoms with van der Waals surface area (Å²) in [6, 6.07) is 3.13. The molecule has 0 aromatic heterocycles. The number of amides is 1. The minimum atomic E-state index is -4.57. The van der Waals surface area contributed by atoms with Crippen LogP contribution in [0.3, 0.4) is 0 Å². The number of hydrogen-bond donors (Lipinski definition) is 1. The van der Waals surface area contributed by atoms with Crippen LogP contribution in [0, 0.1) is 0 Å². The summed E-state index contributed by atoms with van der Waals surface area (Å²) in [5.74, 6) is -1.32. The van der Waals surface area contributed by atoms with Crippen LogP contribution in [0.25, 0.3) is 0 Å². The van der Waals surface area contributed by atoms with Gasteiger partial charge < -0.3 is 10.1 Å². The second kappa shape index (κ2) is 7.26. The van der Waals surface area contributed by atoms with E-state index in [-0.39, 0.29) is 16.6 Å². The van der Waals surface area contributed by atoms with Crippen molar-refractivity contribution in [3.05, 3.63) is 33.8 Å². The minimum absolute atomic E-state index is 0.108.